The molecular weight excluding hydrogens is 204 g/mol. The Morgan fingerprint density at radius 2 is 2.12 bits per heavy atom. The van der Waals surface area contributed by atoms with E-state index in [1.54, 1.807) is 19.9 Å². The van der Waals surface area contributed by atoms with Gasteiger partial charge < -0.3 is 20.9 Å². The summed E-state index contributed by atoms with van der Waals surface area (Å²) in [7, 11) is 0. The Hall–Kier alpha value is -1.42. The molecule has 4 nitrogen and oxygen atoms in total. The third-order valence-electron chi connectivity index (χ3n) is 2.04. The average molecular weight is 224 g/mol. The summed E-state index contributed by atoms with van der Waals surface area (Å²) in [6.07, 6.45) is 0. The van der Waals surface area contributed by atoms with Gasteiger partial charge in [0.1, 0.15) is 5.75 Å². The van der Waals surface area contributed by atoms with Crippen molar-refractivity contribution < 1.29 is 9.84 Å². The summed E-state index contributed by atoms with van der Waals surface area (Å²) in [6, 6.07) is 5.49. The van der Waals surface area contributed by atoms with Crippen molar-refractivity contribution in [2.45, 2.75) is 26.4 Å². The zero-order valence-corrected chi connectivity index (χ0v) is 10.1. The lowest BCUT2D eigenvalue weighted by atomic mass is 10.1. The molecule has 1 aromatic rings. The van der Waals surface area contributed by atoms with E-state index in [4.69, 9.17) is 10.5 Å². The van der Waals surface area contributed by atoms with E-state index in [-0.39, 0.29) is 0 Å². The molecule has 0 aliphatic rings. The van der Waals surface area contributed by atoms with Crippen molar-refractivity contribution >= 4 is 11.4 Å². The van der Waals surface area contributed by atoms with Crippen LogP contribution in [0.3, 0.4) is 0 Å². The molecule has 0 amide bonds. The van der Waals surface area contributed by atoms with Crippen LogP contribution in [0.15, 0.2) is 18.2 Å². The monoisotopic (exact) mass is 224 g/mol. The molecule has 0 heterocycles. The number of hydrogen-bond donors (Lipinski definition) is 3. The highest BCUT2D eigenvalue weighted by Crippen LogP contribution is 2.25. The highest BCUT2D eigenvalue weighted by atomic mass is 16.5. The van der Waals surface area contributed by atoms with E-state index in [0.717, 1.165) is 5.69 Å². The Kier molecular flexibility index (Phi) is 4.01. The van der Waals surface area contributed by atoms with E-state index in [2.05, 4.69) is 5.32 Å². The highest BCUT2D eigenvalue weighted by molar-refractivity contribution is 5.61. The molecule has 0 saturated carbocycles. The maximum absolute atomic E-state index is 9.59. The number of aliphatic hydroxyl groups is 1. The molecule has 16 heavy (non-hydrogen) atoms. The number of hydrogen-bond acceptors (Lipinski definition) is 4. The van der Waals surface area contributed by atoms with Gasteiger partial charge in [-0.25, -0.2) is 0 Å². The van der Waals surface area contributed by atoms with E-state index in [1.165, 1.54) is 0 Å². The molecule has 4 N–H and O–H groups in total. The molecule has 1 aromatic carbocycles. The minimum Gasteiger partial charge on any atom is -0.492 e. The zero-order valence-electron chi connectivity index (χ0n) is 10.1. The molecule has 0 aromatic heterocycles. The predicted molar refractivity (Wildman–Crippen MR) is 66.8 cm³/mol. The van der Waals surface area contributed by atoms with Crippen LogP contribution in [0.25, 0.3) is 0 Å². The van der Waals surface area contributed by atoms with Gasteiger partial charge in [-0.05, 0) is 32.9 Å². The van der Waals surface area contributed by atoms with Crippen molar-refractivity contribution in [3.8, 4) is 5.75 Å². The normalized spacial score (nSPS) is 11.2. The highest BCUT2D eigenvalue weighted by Gasteiger charge is 2.12. The molecular formula is C12H20N2O2. The number of rotatable bonds is 5. The first kappa shape index (κ1) is 12.6. The zero-order chi connectivity index (χ0) is 12.2. The van der Waals surface area contributed by atoms with Gasteiger partial charge in [0, 0.05) is 18.3 Å². The van der Waals surface area contributed by atoms with Crippen LogP contribution in [-0.4, -0.2) is 23.9 Å². The van der Waals surface area contributed by atoms with Gasteiger partial charge in [0.25, 0.3) is 0 Å². The number of nitrogens with two attached hydrogens (primary N) is 1. The quantitative estimate of drug-likeness (QED) is 0.668. The molecule has 0 atom stereocenters. The van der Waals surface area contributed by atoms with E-state index in [1.807, 2.05) is 19.1 Å². The fourth-order valence-corrected chi connectivity index (χ4v) is 1.24. The number of ether oxygens (including phenoxy) is 1. The lowest BCUT2D eigenvalue weighted by Crippen LogP contribution is -2.29. The Labute approximate surface area is 96.4 Å². The third kappa shape index (κ3) is 3.98. The van der Waals surface area contributed by atoms with Gasteiger partial charge in [-0.2, -0.15) is 0 Å². The molecule has 0 radical (unpaired) electrons. The Balaban J connectivity index is 2.71. The van der Waals surface area contributed by atoms with Crippen molar-refractivity contribution in [1.29, 1.82) is 0 Å². The molecule has 90 valence electrons. The van der Waals surface area contributed by atoms with Crippen molar-refractivity contribution in [2.24, 2.45) is 0 Å². The second-order valence-electron chi connectivity index (χ2n) is 4.35. The lowest BCUT2D eigenvalue weighted by Gasteiger charge is -2.19. The van der Waals surface area contributed by atoms with Crippen LogP contribution in [-0.2, 0) is 0 Å². The maximum atomic E-state index is 9.59. The number of nitrogen functional groups attached to an aromatic ring is 1. The summed E-state index contributed by atoms with van der Waals surface area (Å²) in [4.78, 5) is 0. The molecule has 0 spiro atoms. The molecule has 0 fully saturated rings. The van der Waals surface area contributed by atoms with Crippen LogP contribution in [0, 0.1) is 0 Å². The van der Waals surface area contributed by atoms with Gasteiger partial charge in [-0.3, -0.25) is 0 Å². The molecule has 0 bridgehead atoms. The Bertz CT molecular complexity index is 345. The van der Waals surface area contributed by atoms with Crippen LogP contribution in [0.4, 0.5) is 11.4 Å². The maximum Gasteiger partial charge on any atom is 0.144 e. The van der Waals surface area contributed by atoms with Crippen LogP contribution in [0.5, 0.6) is 5.75 Å². The van der Waals surface area contributed by atoms with E-state index in [9.17, 15) is 5.11 Å². The van der Waals surface area contributed by atoms with Crippen molar-refractivity contribution in [1.82, 2.24) is 0 Å². The number of benzene rings is 1. The summed E-state index contributed by atoms with van der Waals surface area (Å²) >= 11 is 0. The van der Waals surface area contributed by atoms with Crippen LogP contribution >= 0.6 is 0 Å². The summed E-state index contributed by atoms with van der Waals surface area (Å²) in [5.74, 6) is 0.670. The summed E-state index contributed by atoms with van der Waals surface area (Å²) < 4.78 is 5.38. The van der Waals surface area contributed by atoms with Gasteiger partial charge in [-0.1, -0.05) is 0 Å². The van der Waals surface area contributed by atoms with Crippen molar-refractivity contribution in [3.05, 3.63) is 18.2 Å². The minimum absolute atomic E-state index is 0.475. The molecule has 0 unspecified atom stereocenters. The molecule has 0 saturated heterocycles. The van der Waals surface area contributed by atoms with E-state index in [0.29, 0.717) is 24.6 Å². The third-order valence-corrected chi connectivity index (χ3v) is 2.04. The fraction of sp³-hybridized carbons (Fsp3) is 0.500. The second-order valence-corrected chi connectivity index (χ2v) is 4.35. The van der Waals surface area contributed by atoms with E-state index >= 15 is 0 Å². The van der Waals surface area contributed by atoms with Crippen LogP contribution in [0.1, 0.15) is 20.8 Å². The van der Waals surface area contributed by atoms with Crippen LogP contribution in [0.2, 0.25) is 0 Å². The molecule has 4 heteroatoms. The minimum atomic E-state index is -0.743. The molecule has 1 rings (SSSR count). The Morgan fingerprint density at radius 1 is 1.44 bits per heavy atom. The first-order valence-electron chi connectivity index (χ1n) is 5.41. The summed E-state index contributed by atoms with van der Waals surface area (Å²) in [5, 5.41) is 12.7. The van der Waals surface area contributed by atoms with Crippen molar-refractivity contribution in [2.75, 3.05) is 24.2 Å². The predicted octanol–water partition coefficient (Wildman–Crippen LogP) is 1.85. The number of anilines is 2. The van der Waals surface area contributed by atoms with Crippen molar-refractivity contribution in [3.63, 3.8) is 0 Å². The van der Waals surface area contributed by atoms with Gasteiger partial charge in [0.2, 0.25) is 0 Å². The smallest absolute Gasteiger partial charge is 0.144 e. The van der Waals surface area contributed by atoms with E-state index < -0.39 is 5.60 Å². The van der Waals surface area contributed by atoms with Gasteiger partial charge in [0.15, 0.2) is 0 Å². The fourth-order valence-electron chi connectivity index (χ4n) is 1.24. The topological polar surface area (TPSA) is 67.5 Å². The van der Waals surface area contributed by atoms with Crippen LogP contribution < -0.4 is 15.8 Å². The number of nitrogens with one attached hydrogen (secondary N) is 1. The van der Waals surface area contributed by atoms with Gasteiger partial charge in [-0.15, -0.1) is 0 Å². The summed E-state index contributed by atoms with van der Waals surface area (Å²) in [5.41, 5.74) is 6.52. The summed E-state index contributed by atoms with van der Waals surface area (Å²) in [6.45, 7) is 6.47. The first-order chi connectivity index (χ1) is 7.42. The SMILES string of the molecule is CCOc1cc(NCC(C)(C)O)ccc1N. The Morgan fingerprint density at radius 3 is 2.69 bits per heavy atom. The largest absolute Gasteiger partial charge is 0.492 e. The molecule has 0 aliphatic carbocycles. The second kappa shape index (κ2) is 5.07. The molecule has 0 aliphatic heterocycles. The van der Waals surface area contributed by atoms with Gasteiger partial charge in [0.05, 0.1) is 17.9 Å². The first-order valence-corrected chi connectivity index (χ1v) is 5.41. The average Bonchev–Trinajstić information content (AvgIpc) is 2.18. The lowest BCUT2D eigenvalue weighted by molar-refractivity contribution is 0.0945. The van der Waals surface area contributed by atoms with Gasteiger partial charge >= 0.3 is 0 Å². The standard InChI is InChI=1S/C12H20N2O2/c1-4-16-11-7-9(5-6-10(11)13)14-8-12(2,3)15/h5-7,14-15H,4,8,13H2,1-3H3.